The van der Waals surface area contributed by atoms with Crippen LogP contribution in [0.4, 0.5) is 26.3 Å². The number of hydrogen-bond donors (Lipinski definition) is 0. The van der Waals surface area contributed by atoms with E-state index in [1.54, 1.807) is 60.7 Å². The Kier molecular flexibility index (Phi) is 5.83. The van der Waals surface area contributed by atoms with Crippen LogP contribution in [-0.2, 0) is 0 Å². The maximum Gasteiger partial charge on any atom is 0.380 e. The summed E-state index contributed by atoms with van der Waals surface area (Å²) in [5, 5.41) is -0.148. The van der Waals surface area contributed by atoms with Gasteiger partial charge in [0, 0.05) is 31.3 Å². The summed E-state index contributed by atoms with van der Waals surface area (Å²) in [7, 11) is 1.19. The minimum Gasteiger partial charge on any atom is -0.487 e. The minimum atomic E-state index is -5.63. The van der Waals surface area contributed by atoms with E-state index < -0.39 is 34.5 Å². The van der Waals surface area contributed by atoms with E-state index in [0.717, 1.165) is 22.7 Å². The van der Waals surface area contributed by atoms with E-state index >= 15 is 17.6 Å². The molecule has 1 aliphatic carbocycles. The van der Waals surface area contributed by atoms with Gasteiger partial charge in [-0.2, -0.15) is 26.3 Å². The lowest BCUT2D eigenvalue weighted by Crippen LogP contribution is -2.48. The lowest BCUT2D eigenvalue weighted by molar-refractivity contribution is -0.254. The zero-order valence-electron chi connectivity index (χ0n) is 18.9. The van der Waals surface area contributed by atoms with Crippen LogP contribution >= 0.6 is 22.7 Å². The van der Waals surface area contributed by atoms with Crippen LogP contribution < -0.4 is 4.74 Å². The van der Waals surface area contributed by atoms with Crippen molar-refractivity contribution < 1.29 is 31.1 Å². The number of alkyl halides is 6. The Morgan fingerprint density at radius 1 is 0.639 bits per heavy atom. The summed E-state index contributed by atoms with van der Waals surface area (Å²) in [6.07, 6.45) is 0. The Morgan fingerprint density at radius 2 is 1.08 bits per heavy atom. The van der Waals surface area contributed by atoms with Gasteiger partial charge >= 0.3 is 17.8 Å². The van der Waals surface area contributed by atoms with Crippen molar-refractivity contribution in [1.29, 1.82) is 0 Å². The predicted molar refractivity (Wildman–Crippen MR) is 132 cm³/mol. The molecule has 0 saturated carbocycles. The molecule has 2 aromatic carbocycles. The maximum absolute atomic E-state index is 15.4. The summed E-state index contributed by atoms with van der Waals surface area (Å²) >= 11 is 2.01. The van der Waals surface area contributed by atoms with Crippen molar-refractivity contribution in [2.24, 2.45) is 0 Å². The first-order valence-corrected chi connectivity index (χ1v) is 12.4. The standard InChI is InChI=1S/C27H18F6OS2/c1-15-18(13-20(35-15)16-9-5-3-6-10-16)22-23(26(30,31)27(32,33)25(22,28)29)19-14-21(36-24(19)34-2)17-11-7-4-8-12-17/h3-14H,1-2H3. The summed E-state index contributed by atoms with van der Waals surface area (Å²) in [6, 6.07) is 19.8. The third kappa shape index (κ3) is 3.51. The van der Waals surface area contributed by atoms with Crippen molar-refractivity contribution in [3.63, 3.8) is 0 Å². The fraction of sp³-hybridized carbons (Fsp3) is 0.185. The Bertz CT molecular complexity index is 1450. The van der Waals surface area contributed by atoms with Gasteiger partial charge in [0.25, 0.3) is 0 Å². The van der Waals surface area contributed by atoms with Gasteiger partial charge in [-0.25, -0.2) is 0 Å². The largest absolute Gasteiger partial charge is 0.487 e. The molecule has 5 rings (SSSR count). The molecule has 2 heterocycles. The van der Waals surface area contributed by atoms with Gasteiger partial charge in [0.2, 0.25) is 0 Å². The average Bonchev–Trinajstić information content (AvgIpc) is 3.48. The van der Waals surface area contributed by atoms with Gasteiger partial charge in [0.15, 0.2) is 5.06 Å². The summed E-state index contributed by atoms with van der Waals surface area (Å²) in [4.78, 5) is 1.16. The van der Waals surface area contributed by atoms with E-state index in [9.17, 15) is 8.78 Å². The number of halogens is 6. The molecule has 186 valence electrons. The zero-order chi connectivity index (χ0) is 25.9. The van der Waals surface area contributed by atoms with E-state index in [0.29, 0.717) is 20.9 Å². The van der Waals surface area contributed by atoms with Crippen molar-refractivity contribution in [2.75, 3.05) is 7.11 Å². The van der Waals surface area contributed by atoms with Crippen LogP contribution in [0.25, 0.3) is 32.0 Å². The summed E-state index contributed by atoms with van der Waals surface area (Å²) in [5.74, 6) is -15.9. The SMILES string of the molecule is COc1sc(-c2ccccc2)cc1C1=C(c2cc(-c3ccccc3)sc2C)C(F)(F)C(F)(F)C1(F)F. The summed E-state index contributed by atoms with van der Waals surface area (Å²) < 4.78 is 96.3. The first-order valence-electron chi connectivity index (χ1n) is 10.8. The zero-order valence-corrected chi connectivity index (χ0v) is 20.6. The van der Waals surface area contributed by atoms with E-state index in [4.69, 9.17) is 4.74 Å². The molecule has 0 aliphatic heterocycles. The van der Waals surface area contributed by atoms with Crippen LogP contribution in [0.5, 0.6) is 5.06 Å². The van der Waals surface area contributed by atoms with E-state index in [-0.39, 0.29) is 15.5 Å². The van der Waals surface area contributed by atoms with Crippen LogP contribution in [0, 0.1) is 6.92 Å². The molecule has 0 amide bonds. The number of thiophene rings is 2. The molecule has 0 bridgehead atoms. The third-order valence-corrected chi connectivity index (χ3v) is 8.37. The van der Waals surface area contributed by atoms with Crippen LogP contribution in [0.2, 0.25) is 0 Å². The molecule has 0 spiro atoms. The third-order valence-electron chi connectivity index (χ3n) is 6.12. The first kappa shape index (κ1) is 24.6. The number of rotatable bonds is 5. The Hall–Kier alpha value is -3.04. The fourth-order valence-corrected chi connectivity index (χ4v) is 6.37. The average molecular weight is 537 g/mol. The number of hydrogen-bond acceptors (Lipinski definition) is 3. The van der Waals surface area contributed by atoms with Crippen molar-refractivity contribution in [1.82, 2.24) is 0 Å². The van der Waals surface area contributed by atoms with Gasteiger partial charge in [0.05, 0.1) is 7.11 Å². The lowest BCUT2D eigenvalue weighted by atomic mass is 9.95. The van der Waals surface area contributed by atoms with Crippen LogP contribution in [0.3, 0.4) is 0 Å². The summed E-state index contributed by atoms with van der Waals surface area (Å²) in [6.45, 7) is 1.46. The molecule has 0 N–H and O–H groups in total. The number of allylic oxidation sites excluding steroid dienone is 2. The highest BCUT2D eigenvalue weighted by molar-refractivity contribution is 7.17. The van der Waals surface area contributed by atoms with Crippen molar-refractivity contribution in [3.8, 4) is 25.9 Å². The maximum atomic E-state index is 15.4. The Morgan fingerprint density at radius 3 is 1.58 bits per heavy atom. The molecule has 0 atom stereocenters. The molecule has 0 fully saturated rings. The van der Waals surface area contributed by atoms with Gasteiger partial charge in [-0.15, -0.1) is 11.3 Å². The van der Waals surface area contributed by atoms with Crippen molar-refractivity contribution >= 4 is 33.8 Å². The van der Waals surface area contributed by atoms with Gasteiger partial charge in [-0.3, -0.25) is 0 Å². The number of benzene rings is 2. The lowest BCUT2D eigenvalue weighted by Gasteiger charge is -2.25. The second kappa shape index (κ2) is 8.52. The predicted octanol–water partition coefficient (Wildman–Crippen LogP) is 9.29. The number of aryl methyl sites for hydroxylation is 1. The molecule has 1 aliphatic rings. The van der Waals surface area contributed by atoms with E-state index in [2.05, 4.69) is 0 Å². The number of methoxy groups -OCH3 is 1. The van der Waals surface area contributed by atoms with Crippen molar-refractivity contribution in [3.05, 3.63) is 88.8 Å². The second-order valence-corrected chi connectivity index (χ2v) is 10.6. The monoisotopic (exact) mass is 536 g/mol. The molecule has 4 aromatic rings. The molecule has 0 radical (unpaired) electrons. The molecule has 9 heteroatoms. The molecule has 36 heavy (non-hydrogen) atoms. The topological polar surface area (TPSA) is 9.23 Å². The van der Waals surface area contributed by atoms with Crippen LogP contribution in [-0.4, -0.2) is 24.9 Å². The van der Waals surface area contributed by atoms with Crippen molar-refractivity contribution in [2.45, 2.75) is 24.7 Å². The van der Waals surface area contributed by atoms with Crippen LogP contribution in [0.15, 0.2) is 72.8 Å². The highest BCUT2D eigenvalue weighted by Crippen LogP contribution is 2.66. The Balaban J connectivity index is 1.80. The van der Waals surface area contributed by atoms with Gasteiger partial charge < -0.3 is 4.74 Å². The van der Waals surface area contributed by atoms with Gasteiger partial charge in [-0.1, -0.05) is 72.0 Å². The quantitative estimate of drug-likeness (QED) is 0.231. The smallest absolute Gasteiger partial charge is 0.380 e. The Labute approximate surface area is 211 Å². The molecule has 0 unspecified atom stereocenters. The first-order chi connectivity index (χ1) is 17.0. The highest BCUT2D eigenvalue weighted by Gasteiger charge is 2.80. The van der Waals surface area contributed by atoms with Gasteiger partial charge in [0.1, 0.15) is 0 Å². The molecule has 2 aromatic heterocycles. The molecule has 1 nitrogen and oxygen atoms in total. The van der Waals surface area contributed by atoms with E-state index in [1.165, 1.54) is 26.2 Å². The fourth-order valence-electron chi connectivity index (χ4n) is 4.35. The molecule has 0 saturated heterocycles. The van der Waals surface area contributed by atoms with Gasteiger partial charge in [-0.05, 0) is 35.7 Å². The number of ether oxygens (including phenoxy) is 1. The molecular weight excluding hydrogens is 518 g/mol. The normalized spacial score (nSPS) is 18.0. The highest BCUT2D eigenvalue weighted by atomic mass is 32.1. The summed E-state index contributed by atoms with van der Waals surface area (Å²) in [5.41, 5.74) is -2.29. The minimum absolute atomic E-state index is 0.148. The second-order valence-electron chi connectivity index (χ2n) is 8.30. The van der Waals surface area contributed by atoms with E-state index in [1.807, 2.05) is 0 Å². The van der Waals surface area contributed by atoms with Crippen LogP contribution in [0.1, 0.15) is 16.0 Å². The molecular formula is C27H18F6OS2.